The van der Waals surface area contributed by atoms with E-state index in [0.29, 0.717) is 23.5 Å². The molecule has 0 fully saturated rings. The molecule has 162 valence electrons. The van der Waals surface area contributed by atoms with Gasteiger partial charge in [0.05, 0.1) is 6.61 Å². The minimum absolute atomic E-state index is 0.0354. The molecule has 0 heterocycles. The Morgan fingerprint density at radius 1 is 1.06 bits per heavy atom. The molecule has 3 aromatic rings. The van der Waals surface area contributed by atoms with E-state index >= 15 is 0 Å². The van der Waals surface area contributed by atoms with Gasteiger partial charge < -0.3 is 21.3 Å². The number of hydrogen-bond acceptors (Lipinski definition) is 4. The summed E-state index contributed by atoms with van der Waals surface area (Å²) in [5.41, 5.74) is 12.2. The summed E-state index contributed by atoms with van der Waals surface area (Å²) < 4.78 is 20.4. The third-order valence-corrected chi connectivity index (χ3v) is 5.44. The molecule has 0 saturated heterocycles. The van der Waals surface area contributed by atoms with Crippen LogP contribution in [-0.4, -0.2) is 23.2 Å². The van der Waals surface area contributed by atoms with Crippen LogP contribution in [-0.2, 0) is 4.79 Å². The van der Waals surface area contributed by atoms with E-state index in [0.717, 1.165) is 11.1 Å². The van der Waals surface area contributed by atoms with Crippen molar-refractivity contribution in [2.24, 2.45) is 11.5 Å². The van der Waals surface area contributed by atoms with Crippen molar-refractivity contribution >= 4 is 5.91 Å². The summed E-state index contributed by atoms with van der Waals surface area (Å²) in [4.78, 5) is 11.4. The zero-order valence-corrected chi connectivity index (χ0v) is 17.6. The van der Waals surface area contributed by atoms with E-state index in [1.54, 1.807) is 36.4 Å². The molecule has 2 unspecified atom stereocenters. The molecule has 0 aliphatic carbocycles. The Bertz CT molecular complexity index is 1040. The fourth-order valence-corrected chi connectivity index (χ4v) is 3.23. The Labute approximate surface area is 181 Å². The molecular formula is C25H27FN2O3. The molecule has 6 heteroatoms. The molecule has 0 bridgehead atoms. The first-order chi connectivity index (χ1) is 14.7. The zero-order valence-electron chi connectivity index (χ0n) is 17.6. The number of amides is 1. The number of aliphatic hydroxyl groups is 1. The van der Waals surface area contributed by atoms with Crippen molar-refractivity contribution in [3.05, 3.63) is 89.7 Å². The molecule has 3 aromatic carbocycles. The summed E-state index contributed by atoms with van der Waals surface area (Å²) in [6, 6.07) is 21.3. The predicted octanol–water partition coefficient (Wildman–Crippen LogP) is 3.91. The van der Waals surface area contributed by atoms with Crippen molar-refractivity contribution in [1.82, 2.24) is 0 Å². The maximum Gasteiger partial charge on any atom is 0.240 e. The molecule has 1 amide bonds. The number of hydrogen-bond donors (Lipinski definition) is 3. The van der Waals surface area contributed by atoms with E-state index in [2.05, 4.69) is 0 Å². The van der Waals surface area contributed by atoms with Crippen molar-refractivity contribution in [2.45, 2.75) is 31.4 Å². The number of aliphatic hydroxyl groups excluding tert-OH is 1. The van der Waals surface area contributed by atoms with Crippen LogP contribution in [0.15, 0.2) is 72.8 Å². The Morgan fingerprint density at radius 2 is 1.68 bits per heavy atom. The lowest BCUT2D eigenvalue weighted by Gasteiger charge is -2.27. The van der Waals surface area contributed by atoms with Crippen LogP contribution in [0, 0.1) is 5.82 Å². The minimum atomic E-state index is -1.58. The molecule has 0 spiro atoms. The summed E-state index contributed by atoms with van der Waals surface area (Å²) in [7, 11) is 0. The summed E-state index contributed by atoms with van der Waals surface area (Å²) in [6.07, 6.45) is -1.23. The summed E-state index contributed by atoms with van der Waals surface area (Å²) in [5, 5.41) is 10.3. The number of halogens is 1. The zero-order chi connectivity index (χ0) is 22.6. The minimum Gasteiger partial charge on any atom is -0.493 e. The lowest BCUT2D eigenvalue weighted by atomic mass is 9.90. The summed E-state index contributed by atoms with van der Waals surface area (Å²) in [6.45, 7) is 3.69. The molecule has 3 rings (SSSR count). The number of carbonyl (C=O) groups excluding carboxylic acids is 1. The van der Waals surface area contributed by atoms with Gasteiger partial charge in [0.1, 0.15) is 23.2 Å². The number of rotatable bonds is 8. The lowest BCUT2D eigenvalue weighted by molar-refractivity contribution is -0.126. The maximum absolute atomic E-state index is 14.6. The van der Waals surface area contributed by atoms with Crippen LogP contribution in [0.3, 0.4) is 0 Å². The van der Waals surface area contributed by atoms with E-state index in [9.17, 15) is 14.3 Å². The average Bonchev–Trinajstić information content (AvgIpc) is 2.77. The van der Waals surface area contributed by atoms with E-state index in [1.165, 1.54) is 6.92 Å². The second kappa shape index (κ2) is 9.29. The molecule has 5 N–H and O–H groups in total. The molecule has 0 aliphatic heterocycles. The van der Waals surface area contributed by atoms with Gasteiger partial charge in [-0.25, -0.2) is 4.39 Å². The summed E-state index contributed by atoms with van der Waals surface area (Å²) >= 11 is 0. The first-order valence-corrected chi connectivity index (χ1v) is 10.0. The van der Waals surface area contributed by atoms with Crippen molar-refractivity contribution in [3.63, 3.8) is 0 Å². The van der Waals surface area contributed by atoms with E-state index in [4.69, 9.17) is 16.2 Å². The van der Waals surface area contributed by atoms with Crippen LogP contribution in [0.1, 0.15) is 37.0 Å². The van der Waals surface area contributed by atoms with E-state index < -0.39 is 17.6 Å². The van der Waals surface area contributed by atoms with Gasteiger partial charge in [0.15, 0.2) is 0 Å². The van der Waals surface area contributed by atoms with Crippen LogP contribution in [0.2, 0.25) is 0 Å². The standard InChI is InChI=1S/C25H27FN2O3/c1-16(19-10-13-21(22(26)14-19)17-6-4-3-5-7-17)15-31-20-11-8-18(9-12-20)23(29)25(2,28)24(27)30/h3-14,16,23,29H,15,28H2,1-2H3,(H2,27,30)/t16?,23?,25-/m1/s1. The molecular weight excluding hydrogens is 395 g/mol. The Hall–Kier alpha value is -3.22. The van der Waals surface area contributed by atoms with Gasteiger partial charge in [0.25, 0.3) is 0 Å². The first-order valence-electron chi connectivity index (χ1n) is 10.0. The fourth-order valence-electron chi connectivity index (χ4n) is 3.23. The lowest BCUT2D eigenvalue weighted by Crippen LogP contribution is -2.53. The molecule has 0 saturated carbocycles. The van der Waals surface area contributed by atoms with Gasteiger partial charge in [-0.1, -0.05) is 61.5 Å². The van der Waals surface area contributed by atoms with Gasteiger partial charge in [-0.2, -0.15) is 0 Å². The van der Waals surface area contributed by atoms with Crippen LogP contribution in [0.4, 0.5) is 4.39 Å². The highest BCUT2D eigenvalue weighted by atomic mass is 19.1. The number of nitrogens with two attached hydrogens (primary N) is 2. The van der Waals surface area contributed by atoms with Crippen LogP contribution in [0.5, 0.6) is 5.75 Å². The highest BCUT2D eigenvalue weighted by Gasteiger charge is 2.35. The van der Waals surface area contributed by atoms with E-state index in [1.807, 2.05) is 43.3 Å². The van der Waals surface area contributed by atoms with E-state index in [-0.39, 0.29) is 11.7 Å². The second-order valence-corrected chi connectivity index (χ2v) is 7.94. The van der Waals surface area contributed by atoms with Crippen LogP contribution >= 0.6 is 0 Å². The van der Waals surface area contributed by atoms with Crippen molar-refractivity contribution in [1.29, 1.82) is 0 Å². The molecule has 31 heavy (non-hydrogen) atoms. The van der Waals surface area contributed by atoms with Gasteiger partial charge in [0.2, 0.25) is 5.91 Å². The molecule has 0 aromatic heterocycles. The van der Waals surface area contributed by atoms with Crippen molar-refractivity contribution < 1.29 is 19.0 Å². The van der Waals surface area contributed by atoms with Gasteiger partial charge >= 0.3 is 0 Å². The Kier molecular flexibility index (Phi) is 6.73. The number of carbonyl (C=O) groups is 1. The number of primary amides is 1. The predicted molar refractivity (Wildman–Crippen MR) is 119 cm³/mol. The average molecular weight is 423 g/mol. The smallest absolute Gasteiger partial charge is 0.240 e. The number of benzene rings is 3. The Balaban J connectivity index is 1.64. The maximum atomic E-state index is 14.6. The molecule has 0 radical (unpaired) electrons. The Morgan fingerprint density at radius 3 is 2.26 bits per heavy atom. The SMILES string of the molecule is CC(COc1ccc(C(O)[C@@](C)(N)C(N)=O)cc1)c1ccc(-c2ccccc2)c(F)c1. The third kappa shape index (κ3) is 5.10. The van der Waals surface area contributed by atoms with Gasteiger partial charge in [-0.3, -0.25) is 4.79 Å². The second-order valence-electron chi connectivity index (χ2n) is 7.94. The first kappa shape index (κ1) is 22.5. The number of ether oxygens (including phenoxy) is 1. The van der Waals surface area contributed by atoms with Gasteiger partial charge in [0, 0.05) is 11.5 Å². The monoisotopic (exact) mass is 422 g/mol. The highest BCUT2D eigenvalue weighted by molar-refractivity contribution is 5.84. The summed E-state index contributed by atoms with van der Waals surface area (Å²) in [5.74, 6) is -0.512. The van der Waals surface area contributed by atoms with Crippen LogP contribution in [0.25, 0.3) is 11.1 Å². The fraction of sp³-hybridized carbons (Fsp3) is 0.240. The topological polar surface area (TPSA) is 98.6 Å². The highest BCUT2D eigenvalue weighted by Crippen LogP contribution is 2.28. The molecule has 5 nitrogen and oxygen atoms in total. The van der Waals surface area contributed by atoms with Crippen LogP contribution < -0.4 is 16.2 Å². The van der Waals surface area contributed by atoms with Gasteiger partial charge in [-0.15, -0.1) is 0 Å². The normalized spacial score (nSPS) is 15.0. The third-order valence-electron chi connectivity index (χ3n) is 5.44. The van der Waals surface area contributed by atoms with Crippen molar-refractivity contribution in [3.8, 4) is 16.9 Å². The quantitative estimate of drug-likeness (QED) is 0.513. The molecule has 3 atom stereocenters. The van der Waals surface area contributed by atoms with Crippen molar-refractivity contribution in [2.75, 3.05) is 6.61 Å². The molecule has 0 aliphatic rings. The largest absolute Gasteiger partial charge is 0.493 e. The van der Waals surface area contributed by atoms with Gasteiger partial charge in [-0.05, 0) is 41.8 Å².